The van der Waals surface area contributed by atoms with Crippen LogP contribution in [-0.2, 0) is 26.2 Å². The van der Waals surface area contributed by atoms with Gasteiger partial charge in [0.15, 0.2) is 0 Å². The van der Waals surface area contributed by atoms with Crippen molar-refractivity contribution in [3.8, 4) is 0 Å². The van der Waals surface area contributed by atoms with Crippen LogP contribution in [0.5, 0.6) is 0 Å². The number of hydrogen-bond donors (Lipinski definition) is 0. The van der Waals surface area contributed by atoms with Gasteiger partial charge in [0.25, 0.3) is 0 Å². The van der Waals surface area contributed by atoms with E-state index in [0.717, 1.165) is 0 Å². The van der Waals surface area contributed by atoms with Crippen molar-refractivity contribution in [1.29, 1.82) is 0 Å². The van der Waals surface area contributed by atoms with E-state index in [0.29, 0.717) is 0 Å². The van der Waals surface area contributed by atoms with E-state index in [-0.39, 0.29) is 31.9 Å². The fraction of sp³-hybridized carbons (Fsp3) is 0. The van der Waals surface area contributed by atoms with Crippen LogP contribution in [0.15, 0.2) is 0 Å². The SMILES string of the molecule is [H+].[H+].[H+].[H+].[Se-][SeH].[Se-][SeH].[Se-][SeH].[Se-][SeH].[Zr+4]. The van der Waals surface area contributed by atoms with Gasteiger partial charge in [-0.05, 0) is 0 Å². The molecule has 0 saturated heterocycles. The minimum absolute atomic E-state index is 0. The van der Waals surface area contributed by atoms with E-state index in [1.807, 2.05) is 0 Å². The molecular weight excluding hydrogens is 723 g/mol. The van der Waals surface area contributed by atoms with Gasteiger partial charge in [0.05, 0.1) is 0 Å². The summed E-state index contributed by atoms with van der Waals surface area (Å²) >= 11 is 19.0. The molecule has 9 heteroatoms. The van der Waals surface area contributed by atoms with Crippen molar-refractivity contribution in [1.82, 2.24) is 0 Å². The second-order valence-corrected chi connectivity index (χ2v) is 0. The predicted molar refractivity (Wildman–Crippen MR) is 56.1 cm³/mol. The molecule has 0 heterocycles. The third-order valence-corrected chi connectivity index (χ3v) is 0. The molecule has 0 saturated carbocycles. The second-order valence-electron chi connectivity index (χ2n) is 0. The van der Waals surface area contributed by atoms with E-state index in [1.165, 1.54) is 0 Å². The first-order chi connectivity index (χ1) is 4.00. The Balaban J connectivity index is -0.00000000208. The van der Waals surface area contributed by atoms with Crippen LogP contribution < -0.4 is 0 Å². The molecule has 0 bridgehead atoms. The van der Waals surface area contributed by atoms with Gasteiger partial charge in [-0.3, -0.25) is 0 Å². The molecule has 0 N–H and O–H groups in total. The minimum Gasteiger partial charge on any atom is 4.00 e. The van der Waals surface area contributed by atoms with Gasteiger partial charge in [0.2, 0.25) is 0 Å². The summed E-state index contributed by atoms with van der Waals surface area (Å²) < 4.78 is 0. The Kier molecular flexibility index (Phi) is 242. The van der Waals surface area contributed by atoms with E-state index in [9.17, 15) is 0 Å². The Morgan fingerprint density at radius 1 is 0.556 bits per heavy atom. The van der Waals surface area contributed by atoms with Crippen molar-refractivity contribution in [2.75, 3.05) is 0 Å². The van der Waals surface area contributed by atoms with Crippen LogP contribution in [0.2, 0.25) is 0 Å². The average Bonchev–Trinajstić information content (AvgIpc) is 2.03. The Bertz CT molecular complexity index is 16.1. The summed E-state index contributed by atoms with van der Waals surface area (Å²) in [6, 6.07) is 0. The summed E-state index contributed by atoms with van der Waals surface area (Å²) in [5.74, 6) is 0. The summed E-state index contributed by atoms with van der Waals surface area (Å²) in [6.07, 6.45) is 0. The Hall–Kier alpha value is 5.04. The third kappa shape index (κ3) is 62.6. The zero-order valence-electron chi connectivity index (χ0n) is 7.92. The zero-order valence-corrected chi connectivity index (χ0v) is 20.7. The van der Waals surface area contributed by atoms with E-state index < -0.39 is 0 Å². The quantitative estimate of drug-likeness (QED) is 0.226. The summed E-state index contributed by atoms with van der Waals surface area (Å²) in [7, 11) is 0. The third-order valence-electron chi connectivity index (χ3n) is 0. The molecule has 0 unspecified atom stereocenters. The van der Waals surface area contributed by atoms with Gasteiger partial charge in [0, 0.05) is 0 Å². The maximum Gasteiger partial charge on any atom is 4.00 e. The number of rotatable bonds is 0. The normalized spacial score (nSPS) is 2.67. The molecule has 0 atom stereocenters. The Labute approximate surface area is 142 Å². The van der Waals surface area contributed by atoms with Crippen molar-refractivity contribution in [3.63, 3.8) is 0 Å². The van der Waals surface area contributed by atoms with Gasteiger partial charge < -0.3 is 0 Å². The molecule has 56 valence electrons. The molecule has 0 rings (SSSR count). The van der Waals surface area contributed by atoms with Crippen LogP contribution >= 0.6 is 0 Å². The maximum atomic E-state index is 2.56. The topological polar surface area (TPSA) is 0 Å². The van der Waals surface area contributed by atoms with Crippen LogP contribution in [-0.4, -0.2) is 113 Å². The molecular formula is H8Se8Zr+4. The molecule has 0 amide bonds. The van der Waals surface area contributed by atoms with Crippen LogP contribution in [0.1, 0.15) is 5.71 Å². The molecule has 0 aliphatic heterocycles. The maximum absolute atomic E-state index is 2.56. The van der Waals surface area contributed by atoms with E-state index in [1.54, 1.807) is 0 Å². The standard InChI is InChI=1S/4H2Se2.Zr/c4*1-2;/h4*1-2H;/q;;;;+4. The number of hydrogen-bond acceptors (Lipinski definition) is 0. The summed E-state index contributed by atoms with van der Waals surface area (Å²) in [5.41, 5.74) is 0. The molecule has 0 nitrogen and oxygen atoms in total. The molecule has 0 radical (unpaired) electrons. The molecule has 0 aromatic rings. The van der Waals surface area contributed by atoms with Crippen LogP contribution in [0, 0.1) is 0 Å². The monoisotopic (exact) mass is 737 g/mol. The summed E-state index contributed by atoms with van der Waals surface area (Å²) in [5, 5.41) is 0. The van der Waals surface area contributed by atoms with Gasteiger partial charge in [-0.25, -0.2) is 0 Å². The zero-order chi connectivity index (χ0) is 8.00. The smallest absolute Gasteiger partial charge is 4.00 e. The second kappa shape index (κ2) is 74.4. The van der Waals surface area contributed by atoms with Crippen molar-refractivity contribution in [3.05, 3.63) is 0 Å². The first-order valence-corrected chi connectivity index (χ1v) is 19.7. The predicted octanol–water partition coefficient (Wildman–Crippen LogP) is -3.67. The van der Waals surface area contributed by atoms with Crippen LogP contribution in [0.4, 0.5) is 0 Å². The van der Waals surface area contributed by atoms with Crippen molar-refractivity contribution in [2.24, 2.45) is 0 Å². The van der Waals surface area contributed by atoms with Gasteiger partial charge in [-0.2, -0.15) is 0 Å². The molecule has 0 spiro atoms. The average molecular weight is 731 g/mol. The van der Waals surface area contributed by atoms with Crippen LogP contribution in [0.3, 0.4) is 0 Å². The Morgan fingerprint density at radius 2 is 0.556 bits per heavy atom. The first-order valence-electron chi connectivity index (χ1n) is 0.730. The van der Waals surface area contributed by atoms with Crippen molar-refractivity contribution >= 4 is 113 Å². The molecule has 0 aliphatic carbocycles. The van der Waals surface area contributed by atoms with Gasteiger partial charge in [-0.1, -0.05) is 0 Å². The Morgan fingerprint density at radius 3 is 0.556 bits per heavy atom. The van der Waals surface area contributed by atoms with Gasteiger partial charge in [0.1, 0.15) is 0 Å². The fourth-order valence-corrected chi connectivity index (χ4v) is 0. The summed E-state index contributed by atoms with van der Waals surface area (Å²) in [6.45, 7) is 0. The van der Waals surface area contributed by atoms with E-state index >= 15 is 0 Å². The molecule has 0 aromatic heterocycles. The van der Waals surface area contributed by atoms with Gasteiger partial charge >= 0.3 is 145 Å². The molecule has 0 fully saturated rings. The molecule has 0 aliphatic rings. The first kappa shape index (κ1) is 29.2. The fourth-order valence-electron chi connectivity index (χ4n) is 0. The van der Waals surface area contributed by atoms with Crippen molar-refractivity contribution in [2.45, 2.75) is 0 Å². The minimum atomic E-state index is 0. The molecule has 9 heavy (non-hydrogen) atoms. The molecule has 0 aromatic carbocycles. The van der Waals surface area contributed by atoms with E-state index in [4.69, 9.17) is 0 Å². The largest absolute Gasteiger partial charge is 4.00 e. The van der Waals surface area contributed by atoms with Crippen LogP contribution in [0.25, 0.3) is 0 Å². The van der Waals surface area contributed by atoms with Gasteiger partial charge in [-0.15, -0.1) is 0 Å². The van der Waals surface area contributed by atoms with Crippen molar-refractivity contribution < 1.29 is 31.9 Å². The van der Waals surface area contributed by atoms with E-state index in [2.05, 4.69) is 113 Å². The summed E-state index contributed by atoms with van der Waals surface area (Å²) in [4.78, 5) is 0.